The fraction of sp³-hybridized carbons (Fsp3) is 0.400. The highest BCUT2D eigenvalue weighted by Gasteiger charge is 2.13. The third-order valence-electron chi connectivity index (χ3n) is 3.32. The molecule has 0 aliphatic carbocycles. The summed E-state index contributed by atoms with van der Waals surface area (Å²) in [5.74, 6) is 0. The standard InChI is InChI=1S/C15H21N3/c1-10-6-14(7-11(2)16-10)17-15-8-12(3)18(5)13(4)9-15/h6-9,12H,1-5H3,(H,16,17). The highest BCUT2D eigenvalue weighted by molar-refractivity contribution is 5.53. The molecule has 1 aliphatic rings. The first-order chi connectivity index (χ1) is 8.45. The van der Waals surface area contributed by atoms with Gasteiger partial charge in [0.15, 0.2) is 0 Å². The van der Waals surface area contributed by atoms with Crippen molar-refractivity contribution in [2.45, 2.75) is 33.7 Å². The summed E-state index contributed by atoms with van der Waals surface area (Å²) in [6, 6.07) is 4.56. The van der Waals surface area contributed by atoms with E-state index in [1.807, 2.05) is 13.8 Å². The second kappa shape index (κ2) is 4.84. The largest absolute Gasteiger partial charge is 0.372 e. The summed E-state index contributed by atoms with van der Waals surface area (Å²) >= 11 is 0. The van der Waals surface area contributed by atoms with Crippen LogP contribution >= 0.6 is 0 Å². The fourth-order valence-electron chi connectivity index (χ4n) is 2.22. The van der Waals surface area contributed by atoms with E-state index in [1.165, 1.54) is 5.70 Å². The predicted molar refractivity (Wildman–Crippen MR) is 76.4 cm³/mol. The molecule has 1 N–H and O–H groups in total. The van der Waals surface area contributed by atoms with Crippen LogP contribution in [0.15, 0.2) is 35.7 Å². The molecule has 0 saturated heterocycles. The second-order valence-corrected chi connectivity index (χ2v) is 5.02. The van der Waals surface area contributed by atoms with Crippen molar-refractivity contribution < 1.29 is 0 Å². The number of hydrogen-bond acceptors (Lipinski definition) is 3. The lowest BCUT2D eigenvalue weighted by atomic mass is 10.1. The predicted octanol–water partition coefficient (Wildman–Crippen LogP) is 3.23. The molecule has 1 aromatic heterocycles. The number of likely N-dealkylation sites (N-methyl/N-ethyl adjacent to an activating group) is 1. The zero-order chi connectivity index (χ0) is 13.3. The number of nitrogens with zero attached hydrogens (tertiary/aromatic N) is 2. The number of nitrogens with one attached hydrogen (secondary N) is 1. The van der Waals surface area contributed by atoms with Crippen LogP contribution in [-0.2, 0) is 0 Å². The molecule has 2 heterocycles. The monoisotopic (exact) mass is 243 g/mol. The van der Waals surface area contributed by atoms with Gasteiger partial charge in [-0.15, -0.1) is 0 Å². The van der Waals surface area contributed by atoms with Gasteiger partial charge in [-0.25, -0.2) is 0 Å². The summed E-state index contributed by atoms with van der Waals surface area (Å²) < 4.78 is 0. The Hall–Kier alpha value is -1.77. The van der Waals surface area contributed by atoms with Crippen LogP contribution in [0.1, 0.15) is 25.2 Å². The molecule has 0 aromatic carbocycles. The molecule has 96 valence electrons. The maximum Gasteiger partial charge on any atom is 0.0461 e. The van der Waals surface area contributed by atoms with Gasteiger partial charge in [-0.1, -0.05) is 0 Å². The Morgan fingerprint density at radius 1 is 1.17 bits per heavy atom. The zero-order valence-electron chi connectivity index (χ0n) is 11.8. The Morgan fingerprint density at radius 2 is 1.78 bits per heavy atom. The van der Waals surface area contributed by atoms with E-state index in [1.54, 1.807) is 0 Å². The molecule has 0 spiro atoms. The molecule has 1 atom stereocenters. The summed E-state index contributed by atoms with van der Waals surface area (Å²) in [7, 11) is 2.12. The average Bonchev–Trinajstić information content (AvgIpc) is 2.24. The van der Waals surface area contributed by atoms with Gasteiger partial charge in [0, 0.05) is 41.6 Å². The van der Waals surface area contributed by atoms with Crippen LogP contribution < -0.4 is 5.32 Å². The Kier molecular flexibility index (Phi) is 3.41. The minimum absolute atomic E-state index is 0.418. The minimum atomic E-state index is 0.418. The normalized spacial score (nSPS) is 19.4. The lowest BCUT2D eigenvalue weighted by Crippen LogP contribution is -2.29. The lowest BCUT2D eigenvalue weighted by molar-refractivity contribution is 0.367. The topological polar surface area (TPSA) is 28.2 Å². The molecule has 0 radical (unpaired) electrons. The number of hydrogen-bond donors (Lipinski definition) is 1. The minimum Gasteiger partial charge on any atom is -0.372 e. The second-order valence-electron chi connectivity index (χ2n) is 5.02. The molecule has 2 rings (SSSR count). The quantitative estimate of drug-likeness (QED) is 0.864. The van der Waals surface area contributed by atoms with Gasteiger partial charge in [-0.05, 0) is 52.0 Å². The number of rotatable bonds is 2. The van der Waals surface area contributed by atoms with Gasteiger partial charge in [0.1, 0.15) is 0 Å². The molecule has 0 bridgehead atoms. The van der Waals surface area contributed by atoms with Gasteiger partial charge in [0.05, 0.1) is 0 Å². The van der Waals surface area contributed by atoms with Crippen LogP contribution in [0.3, 0.4) is 0 Å². The molecule has 3 nitrogen and oxygen atoms in total. The van der Waals surface area contributed by atoms with Crippen molar-refractivity contribution in [1.82, 2.24) is 9.88 Å². The van der Waals surface area contributed by atoms with Crippen molar-refractivity contribution in [3.8, 4) is 0 Å². The van der Waals surface area contributed by atoms with E-state index in [9.17, 15) is 0 Å². The van der Waals surface area contributed by atoms with E-state index < -0.39 is 0 Å². The Bertz CT molecular complexity index is 494. The highest BCUT2D eigenvalue weighted by atomic mass is 15.1. The fourth-order valence-corrected chi connectivity index (χ4v) is 2.22. The zero-order valence-corrected chi connectivity index (χ0v) is 11.8. The first-order valence-electron chi connectivity index (χ1n) is 6.31. The first kappa shape index (κ1) is 12.7. The summed E-state index contributed by atoms with van der Waals surface area (Å²) in [6.45, 7) is 8.37. The van der Waals surface area contributed by atoms with Gasteiger partial charge >= 0.3 is 0 Å². The molecule has 1 aliphatic heterocycles. The maximum absolute atomic E-state index is 4.39. The molecule has 0 fully saturated rings. The van der Waals surface area contributed by atoms with Crippen molar-refractivity contribution in [2.75, 3.05) is 12.4 Å². The van der Waals surface area contributed by atoms with Crippen molar-refractivity contribution in [3.63, 3.8) is 0 Å². The van der Waals surface area contributed by atoms with Crippen LogP contribution in [0.5, 0.6) is 0 Å². The van der Waals surface area contributed by atoms with E-state index in [2.05, 4.69) is 60.4 Å². The van der Waals surface area contributed by atoms with E-state index in [0.29, 0.717) is 6.04 Å². The molecular weight excluding hydrogens is 222 g/mol. The Morgan fingerprint density at radius 3 is 2.33 bits per heavy atom. The van der Waals surface area contributed by atoms with Gasteiger partial charge in [0.2, 0.25) is 0 Å². The summed E-state index contributed by atoms with van der Waals surface area (Å²) in [4.78, 5) is 6.64. The number of anilines is 1. The van der Waals surface area contributed by atoms with E-state index >= 15 is 0 Å². The smallest absolute Gasteiger partial charge is 0.0461 e. The van der Waals surface area contributed by atoms with E-state index in [-0.39, 0.29) is 0 Å². The molecule has 1 unspecified atom stereocenters. The van der Waals surface area contributed by atoms with Crippen molar-refractivity contribution in [2.24, 2.45) is 0 Å². The third-order valence-corrected chi connectivity index (χ3v) is 3.32. The van der Waals surface area contributed by atoms with Crippen LogP contribution in [-0.4, -0.2) is 23.0 Å². The summed E-state index contributed by atoms with van der Waals surface area (Å²) in [5.41, 5.74) is 5.62. The lowest BCUT2D eigenvalue weighted by Gasteiger charge is -2.30. The average molecular weight is 243 g/mol. The van der Waals surface area contributed by atoms with Gasteiger partial charge in [-0.3, -0.25) is 4.98 Å². The number of pyridine rings is 1. The summed E-state index contributed by atoms with van der Waals surface area (Å²) in [5, 5.41) is 3.46. The van der Waals surface area contributed by atoms with Gasteiger partial charge in [-0.2, -0.15) is 0 Å². The van der Waals surface area contributed by atoms with Crippen LogP contribution in [0.2, 0.25) is 0 Å². The molecule has 0 amide bonds. The molecule has 0 saturated carbocycles. The van der Waals surface area contributed by atoms with Crippen LogP contribution in [0.4, 0.5) is 5.69 Å². The molecular formula is C15H21N3. The number of aryl methyl sites for hydroxylation is 2. The van der Waals surface area contributed by atoms with E-state index in [0.717, 1.165) is 22.8 Å². The van der Waals surface area contributed by atoms with Gasteiger partial charge in [0.25, 0.3) is 0 Å². The molecule has 1 aromatic rings. The number of aromatic nitrogens is 1. The van der Waals surface area contributed by atoms with Crippen molar-refractivity contribution >= 4 is 5.69 Å². The van der Waals surface area contributed by atoms with E-state index in [4.69, 9.17) is 0 Å². The Labute approximate surface area is 109 Å². The van der Waals surface area contributed by atoms with Crippen molar-refractivity contribution in [3.05, 3.63) is 47.1 Å². The molecule has 18 heavy (non-hydrogen) atoms. The summed E-state index contributed by atoms with van der Waals surface area (Å²) in [6.07, 6.45) is 4.41. The first-order valence-corrected chi connectivity index (χ1v) is 6.31. The number of allylic oxidation sites excluding steroid dienone is 2. The SMILES string of the molecule is CC1=CC(Nc2cc(C)nc(C)c2)=CC(C)N1C. The van der Waals surface area contributed by atoms with Crippen molar-refractivity contribution in [1.29, 1.82) is 0 Å². The maximum atomic E-state index is 4.39. The van der Waals surface area contributed by atoms with Crippen LogP contribution in [0, 0.1) is 13.8 Å². The molecule has 3 heteroatoms. The van der Waals surface area contributed by atoms with Gasteiger partial charge < -0.3 is 10.2 Å². The Balaban J connectivity index is 2.22. The third kappa shape index (κ3) is 2.73. The van der Waals surface area contributed by atoms with Crippen LogP contribution in [0.25, 0.3) is 0 Å². The highest BCUT2D eigenvalue weighted by Crippen LogP contribution is 2.20.